The molecule has 9 heteroatoms. The molecule has 8 nitrogen and oxygen atoms in total. The van der Waals surface area contributed by atoms with E-state index in [0.717, 1.165) is 0 Å². The highest BCUT2D eigenvalue weighted by molar-refractivity contribution is 7.89. The summed E-state index contributed by atoms with van der Waals surface area (Å²) in [7, 11) is -3.91. The SMILES string of the molecule is Cc1c(-n2cc(C(N)=O)cn2)cc(N)cc1S(N)(=O)=O. The molecule has 6 N–H and O–H groups in total. The highest BCUT2D eigenvalue weighted by atomic mass is 32.2. The van der Waals surface area contributed by atoms with E-state index in [-0.39, 0.29) is 16.1 Å². The minimum atomic E-state index is -3.91. The van der Waals surface area contributed by atoms with Crippen molar-refractivity contribution in [1.29, 1.82) is 0 Å². The third-order valence-electron chi connectivity index (χ3n) is 2.78. The number of nitrogen functional groups attached to an aromatic ring is 1. The van der Waals surface area contributed by atoms with Gasteiger partial charge in [0.15, 0.2) is 0 Å². The molecule has 0 radical (unpaired) electrons. The van der Waals surface area contributed by atoms with Crippen LogP contribution >= 0.6 is 0 Å². The molecule has 1 aromatic carbocycles. The van der Waals surface area contributed by atoms with Crippen LogP contribution in [0.5, 0.6) is 0 Å². The molecule has 0 fully saturated rings. The van der Waals surface area contributed by atoms with Crippen LogP contribution in [0.25, 0.3) is 5.69 Å². The van der Waals surface area contributed by atoms with Gasteiger partial charge in [0.2, 0.25) is 10.0 Å². The summed E-state index contributed by atoms with van der Waals surface area (Å²) in [5.41, 5.74) is 12.0. The molecule has 0 saturated carbocycles. The van der Waals surface area contributed by atoms with Gasteiger partial charge >= 0.3 is 0 Å². The van der Waals surface area contributed by atoms with E-state index in [2.05, 4.69) is 5.10 Å². The summed E-state index contributed by atoms with van der Waals surface area (Å²) in [4.78, 5) is 11.0. The zero-order valence-electron chi connectivity index (χ0n) is 10.6. The number of anilines is 1. The summed E-state index contributed by atoms with van der Waals surface area (Å²) in [6.45, 7) is 1.57. The lowest BCUT2D eigenvalue weighted by atomic mass is 10.2. The van der Waals surface area contributed by atoms with Crippen molar-refractivity contribution < 1.29 is 13.2 Å². The Balaban J connectivity index is 2.68. The first-order valence-electron chi connectivity index (χ1n) is 5.48. The summed E-state index contributed by atoms with van der Waals surface area (Å²) >= 11 is 0. The summed E-state index contributed by atoms with van der Waals surface area (Å²) < 4.78 is 24.4. The fraction of sp³-hybridized carbons (Fsp3) is 0.0909. The normalized spacial score (nSPS) is 11.5. The maximum absolute atomic E-state index is 11.5. The maximum Gasteiger partial charge on any atom is 0.251 e. The molecule has 0 unspecified atom stereocenters. The topological polar surface area (TPSA) is 147 Å². The van der Waals surface area contributed by atoms with E-state index in [9.17, 15) is 13.2 Å². The predicted molar refractivity (Wildman–Crippen MR) is 72.6 cm³/mol. The monoisotopic (exact) mass is 295 g/mol. The number of amides is 1. The molecule has 0 aliphatic rings. The maximum atomic E-state index is 11.5. The average molecular weight is 295 g/mol. The summed E-state index contributed by atoms with van der Waals surface area (Å²) in [6, 6.07) is 2.80. The van der Waals surface area contributed by atoms with Crippen LogP contribution in [0.4, 0.5) is 5.69 Å². The zero-order valence-corrected chi connectivity index (χ0v) is 11.4. The largest absolute Gasteiger partial charge is 0.399 e. The molecule has 0 saturated heterocycles. The quantitative estimate of drug-likeness (QED) is 0.653. The van der Waals surface area contributed by atoms with Crippen molar-refractivity contribution in [2.75, 3.05) is 5.73 Å². The van der Waals surface area contributed by atoms with Crippen molar-refractivity contribution in [2.45, 2.75) is 11.8 Å². The van der Waals surface area contributed by atoms with Gasteiger partial charge in [0.05, 0.1) is 22.3 Å². The summed E-state index contributed by atoms with van der Waals surface area (Å²) in [5, 5.41) is 9.10. The van der Waals surface area contributed by atoms with Gasteiger partial charge < -0.3 is 11.5 Å². The van der Waals surface area contributed by atoms with Gasteiger partial charge in [-0.05, 0) is 24.6 Å². The zero-order chi connectivity index (χ0) is 15.1. The number of sulfonamides is 1. The molecular formula is C11H13N5O3S. The number of rotatable bonds is 3. The van der Waals surface area contributed by atoms with E-state index in [1.165, 1.54) is 29.2 Å². The Labute approximate surface area is 115 Å². The van der Waals surface area contributed by atoms with Gasteiger partial charge in [0.25, 0.3) is 5.91 Å². The van der Waals surface area contributed by atoms with Crippen LogP contribution in [-0.2, 0) is 10.0 Å². The number of aromatic nitrogens is 2. The van der Waals surface area contributed by atoms with E-state index in [1.54, 1.807) is 6.92 Å². The number of carbonyl (C=O) groups is 1. The first-order valence-corrected chi connectivity index (χ1v) is 7.02. The molecule has 0 atom stereocenters. The highest BCUT2D eigenvalue weighted by Gasteiger charge is 2.17. The Morgan fingerprint density at radius 1 is 1.35 bits per heavy atom. The van der Waals surface area contributed by atoms with Crippen LogP contribution in [0, 0.1) is 6.92 Å². The van der Waals surface area contributed by atoms with Crippen LogP contribution in [0.1, 0.15) is 15.9 Å². The molecule has 0 aliphatic carbocycles. The third-order valence-corrected chi connectivity index (χ3v) is 3.81. The minimum Gasteiger partial charge on any atom is -0.399 e. The second-order valence-electron chi connectivity index (χ2n) is 4.25. The van der Waals surface area contributed by atoms with E-state index in [4.69, 9.17) is 16.6 Å². The van der Waals surface area contributed by atoms with Crippen molar-refractivity contribution in [1.82, 2.24) is 9.78 Å². The first-order chi connectivity index (χ1) is 9.20. The molecule has 0 bridgehead atoms. The number of primary amides is 1. The van der Waals surface area contributed by atoms with Gasteiger partial charge in [0.1, 0.15) is 0 Å². The van der Waals surface area contributed by atoms with Crippen LogP contribution in [0.3, 0.4) is 0 Å². The standard InChI is InChI=1S/C11H13N5O3S/c1-6-9(16-5-7(4-15-16)11(13)17)2-8(12)3-10(6)20(14,18)19/h2-5H,12H2,1H3,(H2,13,17)(H2,14,18,19). The molecule has 106 valence electrons. The summed E-state index contributed by atoms with van der Waals surface area (Å²) in [5.74, 6) is -0.635. The van der Waals surface area contributed by atoms with Crippen molar-refractivity contribution in [3.8, 4) is 5.69 Å². The Bertz CT molecular complexity index is 794. The smallest absolute Gasteiger partial charge is 0.251 e. The highest BCUT2D eigenvalue weighted by Crippen LogP contribution is 2.24. The molecule has 1 heterocycles. The first kappa shape index (κ1) is 14.0. The molecule has 0 aliphatic heterocycles. The van der Waals surface area contributed by atoms with Crippen LogP contribution in [-0.4, -0.2) is 24.1 Å². The summed E-state index contributed by atoms with van der Waals surface area (Å²) in [6.07, 6.45) is 2.67. The lowest BCUT2D eigenvalue weighted by Crippen LogP contribution is -2.15. The van der Waals surface area contributed by atoms with Crippen LogP contribution in [0.15, 0.2) is 29.4 Å². The number of hydrogen-bond acceptors (Lipinski definition) is 5. The molecule has 2 rings (SSSR count). The van der Waals surface area contributed by atoms with E-state index in [1.807, 2.05) is 0 Å². The van der Waals surface area contributed by atoms with Gasteiger partial charge in [-0.25, -0.2) is 18.2 Å². The number of hydrogen-bond donors (Lipinski definition) is 3. The fourth-order valence-corrected chi connectivity index (χ4v) is 2.64. The lowest BCUT2D eigenvalue weighted by Gasteiger charge is -2.11. The Hall–Kier alpha value is -2.39. The second-order valence-corrected chi connectivity index (χ2v) is 5.78. The van der Waals surface area contributed by atoms with Gasteiger partial charge in [-0.15, -0.1) is 0 Å². The molecule has 20 heavy (non-hydrogen) atoms. The average Bonchev–Trinajstić information content (AvgIpc) is 2.79. The van der Waals surface area contributed by atoms with Gasteiger partial charge in [0, 0.05) is 11.9 Å². The molecule has 2 aromatic rings. The minimum absolute atomic E-state index is 0.0939. The van der Waals surface area contributed by atoms with Gasteiger partial charge in [-0.1, -0.05) is 0 Å². The lowest BCUT2D eigenvalue weighted by molar-refractivity contribution is 0.100. The van der Waals surface area contributed by atoms with Crippen LogP contribution < -0.4 is 16.6 Å². The number of benzene rings is 1. The number of carbonyl (C=O) groups excluding carboxylic acids is 1. The molecule has 0 spiro atoms. The molecule has 1 amide bonds. The Kier molecular flexibility index (Phi) is 3.24. The van der Waals surface area contributed by atoms with Gasteiger partial charge in [-0.3, -0.25) is 4.79 Å². The number of nitrogens with zero attached hydrogens (tertiary/aromatic N) is 2. The number of nitrogens with two attached hydrogens (primary N) is 3. The van der Waals surface area contributed by atoms with E-state index >= 15 is 0 Å². The third kappa shape index (κ3) is 2.49. The van der Waals surface area contributed by atoms with E-state index < -0.39 is 15.9 Å². The van der Waals surface area contributed by atoms with E-state index in [0.29, 0.717) is 11.3 Å². The fourth-order valence-electron chi connectivity index (χ4n) is 1.81. The van der Waals surface area contributed by atoms with Gasteiger partial charge in [-0.2, -0.15) is 5.10 Å². The van der Waals surface area contributed by atoms with Crippen molar-refractivity contribution in [2.24, 2.45) is 10.9 Å². The second kappa shape index (κ2) is 4.62. The molecular weight excluding hydrogens is 282 g/mol. The van der Waals surface area contributed by atoms with Crippen molar-refractivity contribution >= 4 is 21.6 Å². The predicted octanol–water partition coefficient (Wildman–Crippen LogP) is -0.491. The number of primary sulfonamides is 1. The van der Waals surface area contributed by atoms with Crippen molar-refractivity contribution in [3.63, 3.8) is 0 Å². The Morgan fingerprint density at radius 2 is 2.00 bits per heavy atom. The van der Waals surface area contributed by atoms with Crippen LogP contribution in [0.2, 0.25) is 0 Å². The van der Waals surface area contributed by atoms with Crippen molar-refractivity contribution in [3.05, 3.63) is 35.7 Å². The Morgan fingerprint density at radius 3 is 2.50 bits per heavy atom. The molecule has 1 aromatic heterocycles.